The summed E-state index contributed by atoms with van der Waals surface area (Å²) in [7, 11) is 0. The zero-order valence-corrected chi connectivity index (χ0v) is 11.7. The molecule has 0 unspecified atom stereocenters. The molecular formula is C18H17NO. The highest BCUT2D eigenvalue weighted by atomic mass is 16.1. The third-order valence-electron chi connectivity index (χ3n) is 3.61. The topological polar surface area (TPSA) is 32.9 Å². The minimum atomic E-state index is 0.0695. The molecule has 3 rings (SSSR count). The van der Waals surface area contributed by atoms with Crippen molar-refractivity contribution in [3.8, 4) is 11.3 Å². The van der Waals surface area contributed by atoms with E-state index in [0.29, 0.717) is 5.92 Å². The fourth-order valence-electron chi connectivity index (χ4n) is 2.40. The van der Waals surface area contributed by atoms with Gasteiger partial charge in [0.25, 0.3) is 0 Å². The number of fused-ring (bicyclic) bond motifs is 1. The van der Waals surface area contributed by atoms with Crippen molar-refractivity contribution in [3.63, 3.8) is 0 Å². The lowest BCUT2D eigenvalue weighted by molar-refractivity contribution is 0.868. The van der Waals surface area contributed by atoms with Crippen LogP contribution in [0, 0.1) is 0 Å². The largest absolute Gasteiger partial charge is 0.354 e. The zero-order chi connectivity index (χ0) is 14.1. The van der Waals surface area contributed by atoms with Crippen LogP contribution in [0.3, 0.4) is 0 Å². The Labute approximate surface area is 118 Å². The van der Waals surface area contributed by atoms with Gasteiger partial charge in [0.2, 0.25) is 0 Å². The molecule has 0 atom stereocenters. The molecule has 1 N–H and O–H groups in total. The van der Waals surface area contributed by atoms with Gasteiger partial charge >= 0.3 is 0 Å². The van der Waals surface area contributed by atoms with E-state index in [0.717, 1.165) is 22.2 Å². The normalized spacial score (nSPS) is 11.2. The number of hydrogen-bond donors (Lipinski definition) is 1. The lowest BCUT2D eigenvalue weighted by Gasteiger charge is -2.08. The van der Waals surface area contributed by atoms with Crippen LogP contribution >= 0.6 is 0 Å². The highest BCUT2D eigenvalue weighted by molar-refractivity contribution is 5.82. The van der Waals surface area contributed by atoms with Crippen LogP contribution in [0.25, 0.3) is 22.2 Å². The average molecular weight is 263 g/mol. The van der Waals surface area contributed by atoms with Crippen LogP contribution < -0.4 is 5.43 Å². The Hall–Kier alpha value is -2.35. The Balaban J connectivity index is 2.21. The Morgan fingerprint density at radius 1 is 0.950 bits per heavy atom. The molecule has 0 radical (unpaired) electrons. The van der Waals surface area contributed by atoms with E-state index in [1.54, 1.807) is 6.07 Å². The number of benzene rings is 2. The van der Waals surface area contributed by atoms with Crippen LogP contribution in [0.5, 0.6) is 0 Å². The molecule has 2 aromatic carbocycles. The second-order valence-electron chi connectivity index (χ2n) is 5.37. The maximum absolute atomic E-state index is 12.3. The van der Waals surface area contributed by atoms with Crippen molar-refractivity contribution in [2.45, 2.75) is 19.8 Å². The van der Waals surface area contributed by atoms with Crippen LogP contribution in [0.1, 0.15) is 25.3 Å². The molecule has 0 aliphatic carbocycles. The number of pyridine rings is 1. The van der Waals surface area contributed by atoms with Crippen molar-refractivity contribution in [2.75, 3.05) is 0 Å². The summed E-state index contributed by atoms with van der Waals surface area (Å²) < 4.78 is 0. The van der Waals surface area contributed by atoms with E-state index in [-0.39, 0.29) is 5.43 Å². The molecule has 0 amide bonds. The highest BCUT2D eigenvalue weighted by Crippen LogP contribution is 2.21. The molecule has 0 aliphatic heterocycles. The molecule has 2 heteroatoms. The van der Waals surface area contributed by atoms with Crippen molar-refractivity contribution in [3.05, 3.63) is 70.4 Å². The number of H-pyrrole nitrogens is 1. The molecule has 0 bridgehead atoms. The number of rotatable bonds is 2. The molecule has 100 valence electrons. The molecule has 3 aromatic rings. The first-order chi connectivity index (χ1) is 9.65. The van der Waals surface area contributed by atoms with E-state index in [9.17, 15) is 4.79 Å². The highest BCUT2D eigenvalue weighted by Gasteiger charge is 2.06. The summed E-state index contributed by atoms with van der Waals surface area (Å²) in [5.41, 5.74) is 4.04. The summed E-state index contributed by atoms with van der Waals surface area (Å²) >= 11 is 0. The molecule has 2 nitrogen and oxygen atoms in total. The second-order valence-corrected chi connectivity index (χ2v) is 5.37. The van der Waals surface area contributed by atoms with Gasteiger partial charge in [-0.1, -0.05) is 50.2 Å². The summed E-state index contributed by atoms with van der Waals surface area (Å²) in [6.45, 7) is 4.27. The van der Waals surface area contributed by atoms with Gasteiger partial charge in [0.1, 0.15) is 0 Å². The monoisotopic (exact) mass is 263 g/mol. The Morgan fingerprint density at radius 3 is 2.40 bits per heavy atom. The van der Waals surface area contributed by atoms with Crippen molar-refractivity contribution in [1.82, 2.24) is 4.98 Å². The van der Waals surface area contributed by atoms with Gasteiger partial charge in [0.15, 0.2) is 5.43 Å². The number of nitrogens with one attached hydrogen (secondary N) is 1. The van der Waals surface area contributed by atoms with Gasteiger partial charge < -0.3 is 4.98 Å². The summed E-state index contributed by atoms with van der Waals surface area (Å²) in [5, 5.41) is 0.760. The SMILES string of the molecule is CC(C)c1ccc2[nH]c(-c3ccccc3)cc(=O)c2c1. The average Bonchev–Trinajstić information content (AvgIpc) is 2.47. The van der Waals surface area contributed by atoms with Gasteiger partial charge in [-0.2, -0.15) is 0 Å². The fourth-order valence-corrected chi connectivity index (χ4v) is 2.40. The molecule has 0 fully saturated rings. The van der Waals surface area contributed by atoms with Crippen LogP contribution in [0.2, 0.25) is 0 Å². The maximum atomic E-state index is 12.3. The van der Waals surface area contributed by atoms with Gasteiger partial charge in [-0.05, 0) is 29.2 Å². The predicted octanol–water partition coefficient (Wildman–Crippen LogP) is 4.32. The van der Waals surface area contributed by atoms with E-state index < -0.39 is 0 Å². The van der Waals surface area contributed by atoms with E-state index in [1.807, 2.05) is 42.5 Å². The van der Waals surface area contributed by atoms with Crippen LogP contribution in [0.15, 0.2) is 59.4 Å². The van der Waals surface area contributed by atoms with Gasteiger partial charge in [0, 0.05) is 22.7 Å². The molecule has 0 saturated heterocycles. The van der Waals surface area contributed by atoms with Gasteiger partial charge in [-0.25, -0.2) is 0 Å². The Kier molecular flexibility index (Phi) is 3.15. The van der Waals surface area contributed by atoms with E-state index >= 15 is 0 Å². The smallest absolute Gasteiger partial charge is 0.190 e. The van der Waals surface area contributed by atoms with Crippen molar-refractivity contribution in [2.24, 2.45) is 0 Å². The summed E-state index contributed by atoms with van der Waals surface area (Å²) in [5.74, 6) is 0.424. The fraction of sp³-hybridized carbons (Fsp3) is 0.167. The van der Waals surface area contributed by atoms with Crippen LogP contribution in [-0.2, 0) is 0 Å². The van der Waals surface area contributed by atoms with Gasteiger partial charge in [0.05, 0.1) is 0 Å². The maximum Gasteiger partial charge on any atom is 0.190 e. The first-order valence-corrected chi connectivity index (χ1v) is 6.87. The van der Waals surface area contributed by atoms with E-state index in [2.05, 4.69) is 24.9 Å². The van der Waals surface area contributed by atoms with Crippen molar-refractivity contribution >= 4 is 10.9 Å². The third-order valence-corrected chi connectivity index (χ3v) is 3.61. The predicted molar refractivity (Wildman–Crippen MR) is 84.1 cm³/mol. The zero-order valence-electron chi connectivity index (χ0n) is 11.7. The summed E-state index contributed by atoms with van der Waals surface area (Å²) in [6, 6.07) is 17.7. The summed E-state index contributed by atoms with van der Waals surface area (Å²) in [6.07, 6.45) is 0. The minimum absolute atomic E-state index is 0.0695. The molecule has 1 heterocycles. The molecule has 0 spiro atoms. The van der Waals surface area contributed by atoms with E-state index in [4.69, 9.17) is 0 Å². The van der Waals surface area contributed by atoms with Gasteiger partial charge in [-0.15, -0.1) is 0 Å². The molecule has 0 saturated carbocycles. The lowest BCUT2D eigenvalue weighted by Crippen LogP contribution is -2.04. The van der Waals surface area contributed by atoms with Gasteiger partial charge in [-0.3, -0.25) is 4.79 Å². The Morgan fingerprint density at radius 2 is 1.70 bits per heavy atom. The standard InChI is InChI=1S/C18H17NO/c1-12(2)14-8-9-16-15(10-14)18(20)11-17(19-16)13-6-4-3-5-7-13/h3-12H,1-2H3,(H,19,20). The molecule has 0 aliphatic rings. The van der Waals surface area contributed by atoms with E-state index in [1.165, 1.54) is 5.56 Å². The third kappa shape index (κ3) is 2.25. The first-order valence-electron chi connectivity index (χ1n) is 6.87. The molecule has 20 heavy (non-hydrogen) atoms. The minimum Gasteiger partial charge on any atom is -0.354 e. The number of aromatic nitrogens is 1. The molecular weight excluding hydrogens is 246 g/mol. The second kappa shape index (κ2) is 4.97. The van der Waals surface area contributed by atoms with Crippen molar-refractivity contribution in [1.29, 1.82) is 0 Å². The first kappa shape index (κ1) is 12.7. The Bertz CT molecular complexity index is 801. The van der Waals surface area contributed by atoms with Crippen LogP contribution in [0.4, 0.5) is 0 Å². The lowest BCUT2D eigenvalue weighted by atomic mass is 10.0. The van der Waals surface area contributed by atoms with Crippen LogP contribution in [-0.4, -0.2) is 4.98 Å². The number of aromatic amines is 1. The summed E-state index contributed by atoms with van der Waals surface area (Å²) in [4.78, 5) is 15.7. The quantitative estimate of drug-likeness (QED) is 0.734. The molecule has 1 aromatic heterocycles. The van der Waals surface area contributed by atoms with Crippen molar-refractivity contribution < 1.29 is 0 Å². The number of hydrogen-bond acceptors (Lipinski definition) is 1.